The number of aromatic nitrogens is 4. The zero-order valence-corrected chi connectivity index (χ0v) is 22.4. The van der Waals surface area contributed by atoms with Crippen molar-refractivity contribution in [3.05, 3.63) is 89.3 Å². The Labute approximate surface area is 230 Å². The first-order chi connectivity index (χ1) is 18.6. The number of nitrogens with one attached hydrogen (secondary N) is 1. The van der Waals surface area contributed by atoms with Gasteiger partial charge >= 0.3 is 6.01 Å². The first kappa shape index (κ1) is 26.0. The lowest BCUT2D eigenvalue weighted by molar-refractivity contribution is -0.114. The minimum Gasteiger partial charge on any atom is -0.421 e. The maximum absolute atomic E-state index is 15.4. The molecule has 0 aliphatic rings. The number of aryl methyl sites for hydroxylation is 2. The molecule has 0 atom stereocenters. The van der Waals surface area contributed by atoms with Crippen LogP contribution in [0, 0.1) is 12.7 Å². The second kappa shape index (κ2) is 10.3. The Balaban J connectivity index is 1.64. The molecule has 8 nitrogen and oxygen atoms in total. The zero-order valence-electron chi connectivity index (χ0n) is 20.8. The topological polar surface area (TPSA) is 108 Å². The summed E-state index contributed by atoms with van der Waals surface area (Å²) in [6.07, 6.45) is 3.14. The number of carbonyl (C=O) groups excluding carboxylic acids is 1. The molecule has 5 rings (SSSR count). The van der Waals surface area contributed by atoms with E-state index >= 15 is 4.39 Å². The van der Waals surface area contributed by atoms with Crippen molar-refractivity contribution in [2.75, 3.05) is 11.1 Å². The molecule has 2 aromatic carbocycles. The molecule has 39 heavy (non-hydrogen) atoms. The van der Waals surface area contributed by atoms with Crippen LogP contribution >= 0.6 is 15.9 Å². The third kappa shape index (κ3) is 4.96. The second-order valence-electron chi connectivity index (χ2n) is 8.66. The first-order valence-corrected chi connectivity index (χ1v) is 12.4. The van der Waals surface area contributed by atoms with Gasteiger partial charge in [0, 0.05) is 36.4 Å². The third-order valence-electron chi connectivity index (χ3n) is 6.05. The molecular formula is C28H21BrF2N6O2. The molecule has 196 valence electrons. The Morgan fingerprint density at radius 2 is 1.85 bits per heavy atom. The fourth-order valence-electron chi connectivity index (χ4n) is 4.31. The number of amides is 1. The van der Waals surface area contributed by atoms with Gasteiger partial charge in [-0.3, -0.25) is 4.79 Å². The summed E-state index contributed by atoms with van der Waals surface area (Å²) >= 11 is 3.56. The Morgan fingerprint density at radius 1 is 1.13 bits per heavy atom. The second-order valence-corrected chi connectivity index (χ2v) is 9.52. The van der Waals surface area contributed by atoms with Crippen molar-refractivity contribution in [3.63, 3.8) is 0 Å². The fourth-order valence-corrected chi connectivity index (χ4v) is 4.87. The molecular weight excluding hydrogens is 570 g/mol. The van der Waals surface area contributed by atoms with Gasteiger partial charge in [0.2, 0.25) is 0 Å². The van der Waals surface area contributed by atoms with Crippen molar-refractivity contribution in [1.82, 2.24) is 19.5 Å². The molecule has 0 aliphatic carbocycles. The Kier molecular flexibility index (Phi) is 6.83. The van der Waals surface area contributed by atoms with E-state index in [1.165, 1.54) is 18.3 Å². The molecule has 0 unspecified atom stereocenters. The number of ether oxygens (including phenoxy) is 1. The van der Waals surface area contributed by atoms with E-state index in [2.05, 4.69) is 42.8 Å². The molecule has 5 aromatic rings. The van der Waals surface area contributed by atoms with E-state index in [9.17, 15) is 9.18 Å². The van der Waals surface area contributed by atoms with Gasteiger partial charge in [0.15, 0.2) is 17.4 Å². The van der Waals surface area contributed by atoms with E-state index in [1.807, 2.05) is 11.6 Å². The highest BCUT2D eigenvalue weighted by Gasteiger charge is 2.24. The van der Waals surface area contributed by atoms with E-state index < -0.39 is 17.6 Å². The van der Waals surface area contributed by atoms with Crippen LogP contribution in [0.15, 0.2) is 77.8 Å². The van der Waals surface area contributed by atoms with Crippen LogP contribution in [0.3, 0.4) is 0 Å². The maximum Gasteiger partial charge on any atom is 0.322 e. The van der Waals surface area contributed by atoms with Gasteiger partial charge < -0.3 is 20.4 Å². The number of hydrogen-bond acceptors (Lipinski definition) is 6. The lowest BCUT2D eigenvalue weighted by Crippen LogP contribution is -2.10. The average molecular weight is 591 g/mol. The zero-order chi connectivity index (χ0) is 27.8. The van der Waals surface area contributed by atoms with Crippen molar-refractivity contribution < 1.29 is 18.3 Å². The average Bonchev–Trinajstić information content (AvgIpc) is 3.22. The quantitative estimate of drug-likeness (QED) is 0.213. The Morgan fingerprint density at radius 3 is 2.51 bits per heavy atom. The van der Waals surface area contributed by atoms with Gasteiger partial charge in [0.05, 0.1) is 21.1 Å². The summed E-state index contributed by atoms with van der Waals surface area (Å²) in [4.78, 5) is 24.2. The predicted molar refractivity (Wildman–Crippen MR) is 149 cm³/mol. The van der Waals surface area contributed by atoms with Crippen LogP contribution in [0.4, 0.5) is 20.3 Å². The minimum atomic E-state index is -1.09. The largest absolute Gasteiger partial charge is 0.421 e. The van der Waals surface area contributed by atoms with Crippen LogP contribution in [0.25, 0.3) is 33.3 Å². The number of rotatable bonds is 6. The molecule has 0 bridgehead atoms. The molecule has 0 saturated heterocycles. The van der Waals surface area contributed by atoms with Crippen LogP contribution in [0.1, 0.15) is 5.69 Å². The lowest BCUT2D eigenvalue weighted by Gasteiger charge is -2.12. The van der Waals surface area contributed by atoms with Crippen LogP contribution in [0.2, 0.25) is 0 Å². The number of fused-ring (bicyclic) bond motifs is 1. The molecule has 0 aliphatic heterocycles. The lowest BCUT2D eigenvalue weighted by atomic mass is 9.98. The highest BCUT2D eigenvalue weighted by Crippen LogP contribution is 2.45. The molecule has 0 saturated carbocycles. The summed E-state index contributed by atoms with van der Waals surface area (Å²) in [7, 11) is 1.86. The highest BCUT2D eigenvalue weighted by molar-refractivity contribution is 9.10. The summed E-state index contributed by atoms with van der Waals surface area (Å²) in [5, 5.41) is 3.06. The molecule has 11 heteroatoms. The van der Waals surface area contributed by atoms with Crippen LogP contribution < -0.4 is 15.8 Å². The Bertz CT molecular complexity index is 1770. The maximum atomic E-state index is 15.4. The smallest absolute Gasteiger partial charge is 0.322 e. The van der Waals surface area contributed by atoms with Crippen molar-refractivity contribution in [1.29, 1.82) is 0 Å². The number of pyridine rings is 1. The van der Waals surface area contributed by atoms with Crippen molar-refractivity contribution in [2.45, 2.75) is 6.92 Å². The van der Waals surface area contributed by atoms with Crippen LogP contribution in [0.5, 0.6) is 11.8 Å². The number of carbonyl (C=O) groups is 1. The number of halogens is 3. The molecule has 3 aromatic heterocycles. The number of benzene rings is 2. The van der Waals surface area contributed by atoms with Gasteiger partial charge in [-0.2, -0.15) is 0 Å². The summed E-state index contributed by atoms with van der Waals surface area (Å²) in [6.45, 7) is 4.79. The van der Waals surface area contributed by atoms with E-state index in [-0.39, 0.29) is 17.6 Å². The standard InChI is InChI=1S/C28H21BrF2N6O2/c1-14-10-11-33-28(35-14)39-21-9-6-17(12-20(21)31)22-23-25(19(29)13-34-26(23)32)37(3)24(22)16-4-7-18(8-5-16)36-27(38)15(2)30/h4-13H,2H2,1,3H3,(H2,32,34)(H,36,38). The van der Waals surface area contributed by atoms with Gasteiger partial charge in [0.25, 0.3) is 5.91 Å². The molecule has 3 N–H and O–H groups in total. The SMILES string of the molecule is C=C(F)C(=O)Nc1ccc(-c2c(-c3ccc(Oc4nccc(C)n4)c(F)c3)c3c(N)ncc(Br)c3n2C)cc1. The molecule has 0 radical (unpaired) electrons. The fraction of sp³-hybridized carbons (Fsp3) is 0.0714. The minimum absolute atomic E-state index is 0.0343. The van der Waals surface area contributed by atoms with Crippen LogP contribution in [-0.2, 0) is 11.8 Å². The number of nitrogen functional groups attached to an aromatic ring is 1. The monoisotopic (exact) mass is 590 g/mol. The first-order valence-electron chi connectivity index (χ1n) is 11.6. The molecule has 0 fully saturated rings. The van der Waals surface area contributed by atoms with Gasteiger partial charge in [-0.15, -0.1) is 0 Å². The number of nitrogens with two attached hydrogens (primary N) is 1. The van der Waals surface area contributed by atoms with E-state index in [4.69, 9.17) is 10.5 Å². The van der Waals surface area contributed by atoms with Gasteiger partial charge in [-0.1, -0.05) is 24.8 Å². The van der Waals surface area contributed by atoms with E-state index in [0.29, 0.717) is 38.1 Å². The Hall–Kier alpha value is -4.64. The number of hydrogen-bond donors (Lipinski definition) is 2. The summed E-state index contributed by atoms with van der Waals surface area (Å²) < 4.78 is 36.7. The van der Waals surface area contributed by atoms with E-state index in [1.54, 1.807) is 49.5 Å². The third-order valence-corrected chi connectivity index (χ3v) is 6.63. The van der Waals surface area contributed by atoms with Crippen molar-refractivity contribution in [2.24, 2.45) is 7.05 Å². The summed E-state index contributed by atoms with van der Waals surface area (Å²) in [5.74, 6) is -2.40. The van der Waals surface area contributed by atoms with Gasteiger partial charge in [-0.25, -0.2) is 23.7 Å². The van der Waals surface area contributed by atoms with Crippen molar-refractivity contribution in [3.8, 4) is 34.1 Å². The summed E-state index contributed by atoms with van der Waals surface area (Å²) in [5.41, 5.74) is 10.8. The van der Waals surface area contributed by atoms with Gasteiger partial charge in [-0.05, 0) is 64.3 Å². The van der Waals surface area contributed by atoms with Gasteiger partial charge in [0.1, 0.15) is 5.82 Å². The van der Waals surface area contributed by atoms with E-state index in [0.717, 1.165) is 11.1 Å². The highest BCUT2D eigenvalue weighted by atomic mass is 79.9. The molecule has 0 spiro atoms. The number of anilines is 2. The predicted octanol–water partition coefficient (Wildman–Crippen LogP) is 6.70. The van der Waals surface area contributed by atoms with Crippen LogP contribution in [-0.4, -0.2) is 25.4 Å². The van der Waals surface area contributed by atoms with Crippen molar-refractivity contribution >= 4 is 44.2 Å². The number of nitrogens with zero attached hydrogens (tertiary/aromatic N) is 4. The molecule has 3 heterocycles. The normalized spacial score (nSPS) is 11.0. The molecule has 1 amide bonds. The summed E-state index contributed by atoms with van der Waals surface area (Å²) in [6, 6.07) is 13.1.